The van der Waals surface area contributed by atoms with E-state index in [-0.39, 0.29) is 33.9 Å². The van der Waals surface area contributed by atoms with Crippen LogP contribution in [0.3, 0.4) is 0 Å². The van der Waals surface area contributed by atoms with Crippen LogP contribution < -0.4 is 15.7 Å². The van der Waals surface area contributed by atoms with Crippen LogP contribution >= 0.6 is 11.3 Å². The summed E-state index contributed by atoms with van der Waals surface area (Å²) in [5.41, 5.74) is 21.4. The van der Waals surface area contributed by atoms with Gasteiger partial charge in [-0.2, -0.15) is 0 Å². The largest absolute Gasteiger partial charge is 0.376 e. The maximum atomic E-state index is 2.76. The molecule has 12 rings (SSSR count). The molecule has 0 spiro atoms. The van der Waals surface area contributed by atoms with Gasteiger partial charge < -0.3 is 9.38 Å². The monoisotopic (exact) mass is 850 g/mol. The fourth-order valence-electron chi connectivity index (χ4n) is 12.1. The van der Waals surface area contributed by atoms with Crippen molar-refractivity contribution in [1.82, 2.24) is 4.57 Å². The fourth-order valence-corrected chi connectivity index (χ4v) is 13.3. The maximum Gasteiger partial charge on any atom is 0.333 e. The summed E-state index contributed by atoms with van der Waals surface area (Å²) in [5, 5.41) is 5.51. The van der Waals surface area contributed by atoms with Crippen LogP contribution in [-0.2, 0) is 27.1 Å². The Morgan fingerprint density at radius 3 is 1.75 bits per heavy atom. The van der Waals surface area contributed by atoms with Crippen LogP contribution in [0.4, 0.5) is 11.4 Å². The number of hydrogen-bond acceptors (Lipinski definition) is 2. The molecule has 0 saturated heterocycles. The van der Waals surface area contributed by atoms with E-state index in [1.807, 2.05) is 11.3 Å². The second-order valence-electron chi connectivity index (χ2n) is 23.4. The van der Waals surface area contributed by atoms with Crippen molar-refractivity contribution >= 4 is 82.5 Å². The number of hydrogen-bond donors (Lipinski definition) is 0. The highest BCUT2D eigenvalue weighted by atomic mass is 32.1. The zero-order valence-corrected chi connectivity index (χ0v) is 40.7. The molecular weight excluding hydrogens is 792 g/mol. The Bertz CT molecular complexity index is 3500. The van der Waals surface area contributed by atoms with Gasteiger partial charge in [-0.25, -0.2) is 0 Å². The molecule has 2 nitrogen and oxygen atoms in total. The van der Waals surface area contributed by atoms with E-state index < -0.39 is 0 Å². The highest BCUT2D eigenvalue weighted by Gasteiger charge is 2.49. The number of anilines is 2. The van der Waals surface area contributed by atoms with Crippen LogP contribution in [0, 0.1) is 0 Å². The van der Waals surface area contributed by atoms with Crippen molar-refractivity contribution in [3.05, 3.63) is 160 Å². The molecule has 2 aromatic heterocycles. The van der Waals surface area contributed by atoms with Crippen LogP contribution in [0.5, 0.6) is 0 Å². The molecule has 0 unspecified atom stereocenters. The van der Waals surface area contributed by atoms with E-state index >= 15 is 0 Å². The van der Waals surface area contributed by atoms with Gasteiger partial charge in [-0.1, -0.05) is 163 Å². The number of nitrogens with zero attached hydrogens (tertiary/aromatic N) is 2. The van der Waals surface area contributed by atoms with Crippen LogP contribution in [0.25, 0.3) is 58.8 Å². The summed E-state index contributed by atoms with van der Waals surface area (Å²) in [6, 6.07) is 48.2. The lowest BCUT2D eigenvalue weighted by Crippen LogP contribution is -2.61. The van der Waals surface area contributed by atoms with E-state index in [9.17, 15) is 0 Å². The highest BCUT2D eigenvalue weighted by Crippen LogP contribution is 2.57. The van der Waals surface area contributed by atoms with Gasteiger partial charge in [-0.15, -0.1) is 11.3 Å². The van der Waals surface area contributed by atoms with Crippen molar-refractivity contribution < 1.29 is 0 Å². The van der Waals surface area contributed by atoms with Crippen molar-refractivity contribution in [2.24, 2.45) is 0 Å². The van der Waals surface area contributed by atoms with E-state index in [2.05, 4.69) is 221 Å². The van der Waals surface area contributed by atoms with E-state index in [1.165, 1.54) is 120 Å². The number of benzene rings is 7. The molecule has 2 aliphatic heterocycles. The molecule has 1 aliphatic carbocycles. The third-order valence-corrected chi connectivity index (χ3v) is 16.9. The van der Waals surface area contributed by atoms with Gasteiger partial charge in [-0.3, -0.25) is 0 Å². The molecular formula is C60H59BN2S. The lowest BCUT2D eigenvalue weighted by molar-refractivity contribution is 0.521. The minimum absolute atomic E-state index is 0.00554. The Hall–Kier alpha value is -5.58. The summed E-state index contributed by atoms with van der Waals surface area (Å²) in [6.45, 7) is 30.9. The lowest BCUT2D eigenvalue weighted by Gasteiger charge is -2.47. The summed E-state index contributed by atoms with van der Waals surface area (Å²) in [6.07, 6.45) is 0. The van der Waals surface area contributed by atoms with Gasteiger partial charge in [-0.05, 0) is 120 Å². The predicted molar refractivity (Wildman–Crippen MR) is 280 cm³/mol. The number of aromatic nitrogens is 1. The Balaban J connectivity index is 1.33. The third kappa shape index (κ3) is 5.21. The molecule has 0 fully saturated rings. The first-order chi connectivity index (χ1) is 30.2. The average molecular weight is 851 g/mol. The molecule has 4 heterocycles. The summed E-state index contributed by atoms with van der Waals surface area (Å²) < 4.78 is 5.42. The Kier molecular flexibility index (Phi) is 7.87. The summed E-state index contributed by atoms with van der Waals surface area (Å²) in [7, 11) is 0. The number of fused-ring (bicyclic) bond motifs is 15. The normalized spacial score (nSPS) is 16.1. The Labute approximate surface area is 384 Å². The van der Waals surface area contributed by atoms with Crippen molar-refractivity contribution in [1.29, 1.82) is 0 Å². The van der Waals surface area contributed by atoms with Gasteiger partial charge in [0, 0.05) is 64.4 Å². The molecule has 4 heteroatoms. The molecule has 0 bridgehead atoms. The molecule has 3 aliphatic rings. The zero-order chi connectivity index (χ0) is 44.8. The smallest absolute Gasteiger partial charge is 0.333 e. The van der Waals surface area contributed by atoms with Crippen molar-refractivity contribution in [2.45, 2.75) is 117 Å². The summed E-state index contributed by atoms with van der Waals surface area (Å²) in [5.74, 6) is 0. The molecule has 0 atom stereocenters. The minimum Gasteiger partial charge on any atom is -0.376 e. The van der Waals surface area contributed by atoms with Gasteiger partial charge in [0.2, 0.25) is 0 Å². The van der Waals surface area contributed by atoms with Gasteiger partial charge >= 0.3 is 6.85 Å². The SMILES string of the molecule is CC(C)(C)c1ccc(N2B3c4cc(C(C)(C)C)ccc4-n4c5ccc(C(C)(C)C)cc5c5c6sc7ccccc7c6c(c3c54)-c3cc4c(cc32)C(C)(C)c2ccccc2C4(C)C)cc1. The van der Waals surface area contributed by atoms with Crippen LogP contribution in [-0.4, -0.2) is 11.4 Å². The lowest BCUT2D eigenvalue weighted by atomic mass is 9.43. The Morgan fingerprint density at radius 1 is 0.516 bits per heavy atom. The molecule has 0 saturated carbocycles. The second-order valence-corrected chi connectivity index (χ2v) is 24.5. The van der Waals surface area contributed by atoms with Crippen LogP contribution in [0.2, 0.25) is 0 Å². The van der Waals surface area contributed by atoms with Crippen LogP contribution in [0.1, 0.15) is 129 Å². The van der Waals surface area contributed by atoms with E-state index in [0.29, 0.717) is 0 Å². The Morgan fingerprint density at radius 2 is 1.09 bits per heavy atom. The third-order valence-electron chi connectivity index (χ3n) is 15.7. The van der Waals surface area contributed by atoms with Gasteiger partial charge in [0.25, 0.3) is 0 Å². The van der Waals surface area contributed by atoms with Crippen molar-refractivity contribution in [3.8, 4) is 16.8 Å². The first-order valence-corrected chi connectivity index (χ1v) is 24.3. The van der Waals surface area contributed by atoms with Crippen molar-refractivity contribution in [3.63, 3.8) is 0 Å². The molecule has 9 aromatic rings. The van der Waals surface area contributed by atoms with E-state index in [4.69, 9.17) is 0 Å². The molecule has 0 radical (unpaired) electrons. The molecule has 64 heavy (non-hydrogen) atoms. The fraction of sp³-hybridized carbons (Fsp3) is 0.300. The van der Waals surface area contributed by atoms with Gasteiger partial charge in [0.15, 0.2) is 0 Å². The standard InChI is InChI=1S/C60H59BN2S/c1-56(2,3)34-22-26-37(27-23-34)63-48-33-44-43(59(10,11)41-19-15-16-20-42(41)60(44,12)13)32-40(48)50-51-38-18-14-17-21-49(38)64-55(51)52-39-30-35(57(4,5)6)24-28-46(39)62-47-29-25-36(58(7,8)9)31-45(47)61(63)53(50)54(52)62/h14-33H,1-13H3. The quantitative estimate of drug-likeness (QED) is 0.149. The van der Waals surface area contributed by atoms with E-state index in [0.717, 1.165) is 0 Å². The minimum atomic E-state index is -0.200. The number of rotatable bonds is 1. The zero-order valence-electron chi connectivity index (χ0n) is 39.9. The topological polar surface area (TPSA) is 8.17 Å². The second kappa shape index (κ2) is 12.6. The summed E-state index contributed by atoms with van der Waals surface area (Å²) >= 11 is 1.99. The van der Waals surface area contributed by atoms with Gasteiger partial charge in [0.1, 0.15) is 0 Å². The first-order valence-electron chi connectivity index (χ1n) is 23.5. The molecule has 0 N–H and O–H groups in total. The maximum absolute atomic E-state index is 2.76. The number of thiophene rings is 1. The van der Waals surface area contributed by atoms with Gasteiger partial charge in [0.05, 0.1) is 11.0 Å². The predicted octanol–water partition coefficient (Wildman–Crippen LogP) is 15.2. The molecule has 7 aromatic carbocycles. The highest BCUT2D eigenvalue weighted by molar-refractivity contribution is 7.27. The first kappa shape index (κ1) is 40.0. The van der Waals surface area contributed by atoms with Crippen molar-refractivity contribution in [2.75, 3.05) is 4.81 Å². The average Bonchev–Trinajstić information content (AvgIpc) is 3.80. The molecule has 0 amide bonds. The van der Waals surface area contributed by atoms with E-state index in [1.54, 1.807) is 0 Å². The summed E-state index contributed by atoms with van der Waals surface area (Å²) in [4.78, 5) is 2.76. The van der Waals surface area contributed by atoms with Crippen LogP contribution in [0.15, 0.2) is 121 Å². The molecule has 318 valence electrons.